The molecule has 130 valence electrons. The van der Waals surface area contributed by atoms with Crippen molar-refractivity contribution in [1.82, 2.24) is 14.9 Å². The van der Waals surface area contributed by atoms with Crippen LogP contribution < -0.4 is 10.0 Å². The van der Waals surface area contributed by atoms with Crippen LogP contribution in [0.2, 0.25) is 0 Å². The summed E-state index contributed by atoms with van der Waals surface area (Å²) in [5, 5.41) is 10.6. The van der Waals surface area contributed by atoms with Crippen LogP contribution in [-0.2, 0) is 21.2 Å². The number of rotatable bonds is 6. The Morgan fingerprint density at radius 2 is 1.92 bits per heavy atom. The van der Waals surface area contributed by atoms with E-state index < -0.39 is 10.0 Å². The first-order chi connectivity index (χ1) is 12.0. The number of carbonyl (C=O) groups is 1. The third kappa shape index (κ3) is 4.04. The molecule has 0 saturated carbocycles. The van der Waals surface area contributed by atoms with Crippen molar-refractivity contribution in [1.29, 1.82) is 0 Å². The highest BCUT2D eigenvalue weighted by Crippen LogP contribution is 2.17. The van der Waals surface area contributed by atoms with Crippen LogP contribution >= 0.6 is 0 Å². The maximum absolute atomic E-state index is 12.1. The maximum atomic E-state index is 12.1. The summed E-state index contributed by atoms with van der Waals surface area (Å²) in [5.41, 5.74) is 2.53. The summed E-state index contributed by atoms with van der Waals surface area (Å²) < 4.78 is 25.6. The van der Waals surface area contributed by atoms with E-state index in [1.807, 2.05) is 18.2 Å². The standard InChI is InChI=1S/C17H18N4O3S/c1-18-25(23,24)15-6-2-12(3-7-15)4-9-17(22)20-14-5-8-16-13(10-14)11-19-21-16/h2-3,5-8,10-11,18H,4,9H2,1H3,(H,19,21)(H,20,22). The molecule has 3 N–H and O–H groups in total. The van der Waals surface area contributed by atoms with E-state index in [0.29, 0.717) is 12.8 Å². The zero-order valence-electron chi connectivity index (χ0n) is 13.6. The molecule has 2 aromatic carbocycles. The molecular weight excluding hydrogens is 340 g/mol. The van der Waals surface area contributed by atoms with Gasteiger partial charge in [0, 0.05) is 17.5 Å². The summed E-state index contributed by atoms with van der Waals surface area (Å²) in [6, 6.07) is 12.0. The second-order valence-electron chi connectivity index (χ2n) is 5.57. The molecule has 1 heterocycles. The summed E-state index contributed by atoms with van der Waals surface area (Å²) in [5.74, 6) is -0.102. The zero-order chi connectivity index (χ0) is 17.9. The van der Waals surface area contributed by atoms with Gasteiger partial charge in [-0.1, -0.05) is 12.1 Å². The number of aromatic nitrogens is 2. The lowest BCUT2D eigenvalue weighted by Crippen LogP contribution is -2.18. The Labute approximate surface area is 145 Å². The van der Waals surface area contributed by atoms with Crippen LogP contribution in [0, 0.1) is 0 Å². The summed E-state index contributed by atoms with van der Waals surface area (Å²) in [7, 11) is -2.07. The number of hydrogen-bond acceptors (Lipinski definition) is 4. The van der Waals surface area contributed by atoms with Crippen LogP contribution in [0.3, 0.4) is 0 Å². The predicted octanol–water partition coefficient (Wildman–Crippen LogP) is 2.04. The summed E-state index contributed by atoms with van der Waals surface area (Å²) in [6.07, 6.45) is 2.53. The molecule has 0 saturated heterocycles. The number of nitrogens with one attached hydrogen (secondary N) is 3. The van der Waals surface area contributed by atoms with Crippen molar-refractivity contribution in [3.05, 3.63) is 54.2 Å². The average Bonchev–Trinajstić information content (AvgIpc) is 3.08. The first-order valence-electron chi connectivity index (χ1n) is 7.73. The number of fused-ring (bicyclic) bond motifs is 1. The number of anilines is 1. The number of aromatic amines is 1. The molecule has 0 aliphatic heterocycles. The molecule has 0 fully saturated rings. The van der Waals surface area contributed by atoms with Crippen LogP contribution in [0.25, 0.3) is 10.9 Å². The molecule has 0 aliphatic carbocycles. The average molecular weight is 358 g/mol. The van der Waals surface area contributed by atoms with Gasteiger partial charge in [-0.05, 0) is 49.4 Å². The quantitative estimate of drug-likeness (QED) is 0.627. The Kier molecular flexibility index (Phi) is 4.82. The van der Waals surface area contributed by atoms with Gasteiger partial charge in [-0.3, -0.25) is 9.89 Å². The fourth-order valence-corrected chi connectivity index (χ4v) is 3.19. The molecule has 0 atom stereocenters. The number of sulfonamides is 1. The van der Waals surface area contributed by atoms with Crippen LogP contribution in [0.4, 0.5) is 5.69 Å². The molecule has 3 aromatic rings. The van der Waals surface area contributed by atoms with Crippen molar-refractivity contribution < 1.29 is 13.2 Å². The van der Waals surface area contributed by atoms with Crippen LogP contribution in [0.15, 0.2) is 53.6 Å². The lowest BCUT2D eigenvalue weighted by atomic mass is 10.1. The van der Waals surface area contributed by atoms with Gasteiger partial charge in [-0.15, -0.1) is 0 Å². The van der Waals surface area contributed by atoms with Crippen LogP contribution in [0.1, 0.15) is 12.0 Å². The number of carbonyl (C=O) groups excluding carboxylic acids is 1. The number of hydrogen-bond donors (Lipinski definition) is 3. The summed E-state index contributed by atoms with van der Waals surface area (Å²) in [6.45, 7) is 0. The van der Waals surface area contributed by atoms with Crippen molar-refractivity contribution in [3.8, 4) is 0 Å². The van der Waals surface area contributed by atoms with Gasteiger partial charge < -0.3 is 5.32 Å². The topological polar surface area (TPSA) is 104 Å². The Hall–Kier alpha value is -2.71. The molecule has 25 heavy (non-hydrogen) atoms. The highest BCUT2D eigenvalue weighted by molar-refractivity contribution is 7.89. The van der Waals surface area contributed by atoms with Gasteiger partial charge in [0.25, 0.3) is 0 Å². The third-order valence-corrected chi connectivity index (χ3v) is 5.30. The summed E-state index contributed by atoms with van der Waals surface area (Å²) in [4.78, 5) is 12.3. The van der Waals surface area contributed by atoms with E-state index in [-0.39, 0.29) is 10.8 Å². The Morgan fingerprint density at radius 1 is 1.16 bits per heavy atom. The van der Waals surface area contributed by atoms with Crippen molar-refractivity contribution in [2.45, 2.75) is 17.7 Å². The number of amides is 1. The van der Waals surface area contributed by atoms with E-state index in [1.54, 1.807) is 18.3 Å². The molecule has 0 bridgehead atoms. The Morgan fingerprint density at radius 3 is 2.64 bits per heavy atom. The fourth-order valence-electron chi connectivity index (χ4n) is 2.45. The van der Waals surface area contributed by atoms with Crippen LogP contribution in [0.5, 0.6) is 0 Å². The van der Waals surface area contributed by atoms with Gasteiger partial charge in [-0.2, -0.15) is 5.10 Å². The predicted molar refractivity (Wildman–Crippen MR) is 95.7 cm³/mol. The number of benzene rings is 2. The minimum atomic E-state index is -3.44. The van der Waals surface area contributed by atoms with Gasteiger partial charge >= 0.3 is 0 Å². The van der Waals surface area contributed by atoms with Gasteiger partial charge in [-0.25, -0.2) is 13.1 Å². The smallest absolute Gasteiger partial charge is 0.240 e. The Balaban J connectivity index is 1.58. The van der Waals surface area contributed by atoms with Gasteiger partial charge in [0.05, 0.1) is 16.6 Å². The highest BCUT2D eigenvalue weighted by Gasteiger charge is 2.11. The maximum Gasteiger partial charge on any atom is 0.240 e. The van der Waals surface area contributed by atoms with E-state index in [2.05, 4.69) is 20.2 Å². The second-order valence-corrected chi connectivity index (χ2v) is 7.46. The largest absolute Gasteiger partial charge is 0.326 e. The van der Waals surface area contributed by atoms with Gasteiger partial charge in [0.15, 0.2) is 0 Å². The molecule has 0 aliphatic rings. The molecule has 0 radical (unpaired) electrons. The minimum absolute atomic E-state index is 0.102. The Bertz CT molecular complexity index is 994. The molecule has 3 rings (SSSR count). The fraction of sp³-hybridized carbons (Fsp3) is 0.176. The van der Waals surface area contributed by atoms with E-state index in [9.17, 15) is 13.2 Å². The molecule has 0 unspecified atom stereocenters. The normalized spacial score (nSPS) is 11.6. The van der Waals surface area contributed by atoms with Crippen molar-refractivity contribution in [2.24, 2.45) is 0 Å². The van der Waals surface area contributed by atoms with Crippen LogP contribution in [-0.4, -0.2) is 31.6 Å². The molecule has 1 aromatic heterocycles. The molecule has 0 spiro atoms. The van der Waals surface area contributed by atoms with Crippen molar-refractivity contribution in [2.75, 3.05) is 12.4 Å². The third-order valence-electron chi connectivity index (χ3n) is 3.87. The number of aryl methyl sites for hydroxylation is 1. The van der Waals surface area contributed by atoms with E-state index >= 15 is 0 Å². The highest BCUT2D eigenvalue weighted by atomic mass is 32.2. The SMILES string of the molecule is CNS(=O)(=O)c1ccc(CCC(=O)Nc2ccc3[nH]ncc3c2)cc1. The number of nitrogens with zero attached hydrogens (tertiary/aromatic N) is 1. The van der Waals surface area contributed by atoms with E-state index in [1.165, 1.54) is 19.2 Å². The van der Waals surface area contributed by atoms with E-state index in [4.69, 9.17) is 0 Å². The van der Waals surface area contributed by atoms with Gasteiger partial charge in [0.2, 0.25) is 15.9 Å². The molecule has 7 nitrogen and oxygen atoms in total. The zero-order valence-corrected chi connectivity index (χ0v) is 14.4. The minimum Gasteiger partial charge on any atom is -0.326 e. The van der Waals surface area contributed by atoms with Crippen molar-refractivity contribution >= 4 is 32.5 Å². The van der Waals surface area contributed by atoms with Crippen molar-refractivity contribution in [3.63, 3.8) is 0 Å². The first-order valence-corrected chi connectivity index (χ1v) is 9.22. The lowest BCUT2D eigenvalue weighted by molar-refractivity contribution is -0.116. The van der Waals surface area contributed by atoms with E-state index in [0.717, 1.165) is 22.2 Å². The monoisotopic (exact) mass is 358 g/mol. The first kappa shape index (κ1) is 17.1. The molecule has 8 heteroatoms. The molecular formula is C17H18N4O3S. The molecule has 1 amide bonds. The summed E-state index contributed by atoms with van der Waals surface area (Å²) >= 11 is 0. The number of H-pyrrole nitrogens is 1. The van der Waals surface area contributed by atoms with Gasteiger partial charge in [0.1, 0.15) is 0 Å². The second kappa shape index (κ2) is 7.04. The lowest BCUT2D eigenvalue weighted by Gasteiger charge is -2.07.